The lowest BCUT2D eigenvalue weighted by molar-refractivity contribution is -0.374. The minimum absolute atomic E-state index is 0.0393. The molecule has 0 spiro atoms. The number of aryl methyl sites for hydroxylation is 1. The zero-order valence-electron chi connectivity index (χ0n) is 25.7. The van der Waals surface area contributed by atoms with Crippen LogP contribution in [0, 0.1) is 22.7 Å². The van der Waals surface area contributed by atoms with Gasteiger partial charge in [0, 0.05) is 41.5 Å². The van der Waals surface area contributed by atoms with Crippen molar-refractivity contribution in [3.05, 3.63) is 46.3 Å². The van der Waals surface area contributed by atoms with Gasteiger partial charge in [-0.15, -0.1) is 11.3 Å². The van der Waals surface area contributed by atoms with Gasteiger partial charge < -0.3 is 60.2 Å². The molecule has 48 heavy (non-hydrogen) atoms. The first-order chi connectivity index (χ1) is 23.0. The Morgan fingerprint density at radius 2 is 1.62 bits per heavy atom. The van der Waals surface area contributed by atoms with Crippen molar-refractivity contribution in [2.75, 3.05) is 31.1 Å². The number of thiophene rings is 1. The van der Waals surface area contributed by atoms with Crippen LogP contribution in [0.3, 0.4) is 0 Å². The summed E-state index contributed by atoms with van der Waals surface area (Å²) < 4.78 is 16.3. The lowest BCUT2D eigenvalue weighted by Crippen LogP contribution is -2.64. The number of carbonyl (C=O) groups is 1. The number of nitriles is 2. The van der Waals surface area contributed by atoms with E-state index in [0.29, 0.717) is 6.54 Å². The Bertz CT molecular complexity index is 1540. The van der Waals surface area contributed by atoms with E-state index in [-0.39, 0.29) is 24.4 Å². The standard InChI is InChI=1S/C32H38N4O11S/c33-12-16(13-34)10-19-4-6-23(48-19)18-3-5-20-17(11-18)2-1-8-36(20)9-7-24(38)35-14-21-25(39)27(41)29(43)31(45-21)47-32-30(44)28(42)26(40)22(15-37)46-32/h3-6,10-11,21-22,25-32,37,39-44H,1-2,7-9,14-15H2,(H,35,38)/t21-,22-,25-,26-,27+,28+,29-,30-,31-,32-/m1/s1. The van der Waals surface area contributed by atoms with Gasteiger partial charge in [-0.05, 0) is 54.3 Å². The zero-order valence-corrected chi connectivity index (χ0v) is 26.5. The van der Waals surface area contributed by atoms with Crippen molar-refractivity contribution in [3.63, 3.8) is 0 Å². The first-order valence-electron chi connectivity index (χ1n) is 15.5. The summed E-state index contributed by atoms with van der Waals surface area (Å²) in [6.45, 7) is 0.212. The highest BCUT2D eigenvalue weighted by molar-refractivity contribution is 7.16. The molecule has 3 aliphatic heterocycles. The third-order valence-electron chi connectivity index (χ3n) is 8.63. The van der Waals surface area contributed by atoms with Crippen LogP contribution in [0.25, 0.3) is 16.5 Å². The number of amides is 1. The third-order valence-corrected chi connectivity index (χ3v) is 9.71. The number of nitrogens with one attached hydrogen (secondary N) is 1. The highest BCUT2D eigenvalue weighted by Crippen LogP contribution is 2.35. The molecule has 1 amide bonds. The Morgan fingerprint density at radius 3 is 2.29 bits per heavy atom. The third kappa shape index (κ3) is 7.86. The molecule has 15 nitrogen and oxygen atoms in total. The number of carbonyl (C=O) groups excluding carboxylic acids is 1. The fourth-order valence-electron chi connectivity index (χ4n) is 5.93. The van der Waals surface area contributed by atoms with Gasteiger partial charge in [0.2, 0.25) is 5.91 Å². The van der Waals surface area contributed by atoms with Gasteiger partial charge in [-0.3, -0.25) is 4.79 Å². The van der Waals surface area contributed by atoms with Crippen LogP contribution in [-0.2, 0) is 25.4 Å². The van der Waals surface area contributed by atoms with Crippen LogP contribution in [0.1, 0.15) is 23.3 Å². The first-order valence-corrected chi connectivity index (χ1v) is 16.3. The minimum atomic E-state index is -1.79. The predicted molar refractivity (Wildman–Crippen MR) is 169 cm³/mol. The van der Waals surface area contributed by atoms with Gasteiger partial charge in [-0.2, -0.15) is 10.5 Å². The number of nitrogens with zero attached hydrogens (tertiary/aromatic N) is 3. The van der Waals surface area contributed by atoms with E-state index in [1.165, 1.54) is 11.3 Å². The molecular formula is C32H38N4O11S. The molecule has 1 aromatic heterocycles. The maximum absolute atomic E-state index is 12.8. The summed E-state index contributed by atoms with van der Waals surface area (Å²) >= 11 is 1.48. The number of allylic oxidation sites excluding steroid dienone is 1. The van der Waals surface area contributed by atoms with Crippen molar-refractivity contribution in [3.8, 4) is 22.6 Å². The molecule has 258 valence electrons. The van der Waals surface area contributed by atoms with E-state index < -0.39 is 68.0 Å². The number of hydrogen-bond donors (Lipinski definition) is 8. The quantitative estimate of drug-likeness (QED) is 0.136. The van der Waals surface area contributed by atoms with Gasteiger partial charge in [0.25, 0.3) is 0 Å². The fraction of sp³-hybridized carbons (Fsp3) is 0.531. The lowest BCUT2D eigenvalue weighted by atomic mass is 9.97. The number of fused-ring (bicyclic) bond motifs is 1. The maximum atomic E-state index is 12.8. The molecule has 4 heterocycles. The highest BCUT2D eigenvalue weighted by Gasteiger charge is 2.49. The Labute approximate surface area is 280 Å². The summed E-state index contributed by atoms with van der Waals surface area (Å²) in [5.41, 5.74) is 3.20. The van der Waals surface area contributed by atoms with Gasteiger partial charge in [0.1, 0.15) is 66.5 Å². The van der Waals surface area contributed by atoms with Crippen LogP contribution in [0.4, 0.5) is 5.69 Å². The normalized spacial score (nSPS) is 31.6. The van der Waals surface area contributed by atoms with E-state index in [9.17, 15) is 40.5 Å². The molecule has 0 radical (unpaired) electrons. The maximum Gasteiger partial charge on any atom is 0.221 e. The van der Waals surface area contributed by atoms with Crippen molar-refractivity contribution < 1.29 is 54.8 Å². The van der Waals surface area contributed by atoms with Crippen molar-refractivity contribution >= 4 is 29.0 Å². The topological polar surface area (TPSA) is 249 Å². The molecule has 3 aliphatic rings. The summed E-state index contributed by atoms with van der Waals surface area (Å²) in [4.78, 5) is 16.8. The van der Waals surface area contributed by atoms with Crippen molar-refractivity contribution in [1.29, 1.82) is 10.5 Å². The average Bonchev–Trinajstić information content (AvgIpc) is 3.57. The molecule has 0 aliphatic carbocycles. The number of anilines is 1. The molecule has 16 heteroatoms. The molecule has 5 rings (SSSR count). The molecule has 10 atom stereocenters. The Balaban J connectivity index is 1.15. The van der Waals surface area contributed by atoms with E-state index in [1.54, 1.807) is 6.08 Å². The number of aliphatic hydroxyl groups excluding tert-OH is 7. The summed E-state index contributed by atoms with van der Waals surface area (Å²) in [6.07, 6.45) is -12.7. The van der Waals surface area contributed by atoms with Crippen LogP contribution >= 0.6 is 11.3 Å². The SMILES string of the molecule is N#CC(C#N)=Cc1ccc(-c2ccc3c(c2)CCCN3CCC(=O)NC[C@H]2O[C@H](O[C@H]3O[C@H](CO)[C@@H](O)[C@H](O)[C@H]3O)[C@H](O)[C@@H](O)[C@@H]2O)s1. The molecule has 0 saturated carbocycles. The van der Waals surface area contributed by atoms with Crippen LogP contribution in [-0.4, -0.2) is 129 Å². The number of rotatable bonds is 10. The van der Waals surface area contributed by atoms with Crippen LogP contribution in [0.2, 0.25) is 0 Å². The summed E-state index contributed by atoms with van der Waals surface area (Å²) in [7, 11) is 0. The van der Waals surface area contributed by atoms with Gasteiger partial charge in [-0.1, -0.05) is 6.07 Å². The highest BCUT2D eigenvalue weighted by atomic mass is 32.1. The second-order valence-electron chi connectivity index (χ2n) is 11.8. The number of ether oxygens (including phenoxy) is 3. The zero-order chi connectivity index (χ0) is 34.5. The van der Waals surface area contributed by atoms with Gasteiger partial charge in [0.05, 0.1) is 6.61 Å². The largest absolute Gasteiger partial charge is 0.394 e. The Kier molecular flexibility index (Phi) is 11.8. The number of hydrogen-bond acceptors (Lipinski definition) is 15. The molecule has 2 saturated heterocycles. The monoisotopic (exact) mass is 686 g/mol. The predicted octanol–water partition coefficient (Wildman–Crippen LogP) is -1.27. The smallest absolute Gasteiger partial charge is 0.221 e. The molecule has 0 bridgehead atoms. The second-order valence-corrected chi connectivity index (χ2v) is 12.9. The van der Waals surface area contributed by atoms with E-state index >= 15 is 0 Å². The van der Waals surface area contributed by atoms with Crippen molar-refractivity contribution in [1.82, 2.24) is 5.32 Å². The molecule has 2 fully saturated rings. The van der Waals surface area contributed by atoms with E-state index in [0.717, 1.165) is 46.0 Å². The molecule has 8 N–H and O–H groups in total. The molecular weight excluding hydrogens is 648 g/mol. The van der Waals surface area contributed by atoms with Crippen LogP contribution < -0.4 is 10.2 Å². The average molecular weight is 687 g/mol. The Morgan fingerprint density at radius 1 is 0.958 bits per heavy atom. The minimum Gasteiger partial charge on any atom is -0.394 e. The van der Waals surface area contributed by atoms with E-state index in [1.807, 2.05) is 36.4 Å². The van der Waals surface area contributed by atoms with Crippen molar-refractivity contribution in [2.45, 2.75) is 80.7 Å². The number of benzene rings is 1. The van der Waals surface area contributed by atoms with E-state index in [2.05, 4.69) is 16.3 Å². The molecule has 0 unspecified atom stereocenters. The van der Waals surface area contributed by atoms with Gasteiger partial charge >= 0.3 is 0 Å². The number of aliphatic hydroxyl groups is 7. The van der Waals surface area contributed by atoms with E-state index in [4.69, 9.17) is 24.7 Å². The molecule has 1 aromatic carbocycles. The second kappa shape index (κ2) is 15.8. The molecule has 2 aromatic rings. The first kappa shape index (κ1) is 35.8. The van der Waals surface area contributed by atoms with Crippen molar-refractivity contribution in [2.24, 2.45) is 0 Å². The van der Waals surface area contributed by atoms with Crippen LogP contribution in [0.5, 0.6) is 0 Å². The van der Waals surface area contributed by atoms with Gasteiger partial charge in [0.15, 0.2) is 12.6 Å². The Hall–Kier alpha value is -3.49. The summed E-state index contributed by atoms with van der Waals surface area (Å²) in [5, 5.41) is 91.7. The fourth-order valence-corrected chi connectivity index (χ4v) is 6.87. The van der Waals surface area contributed by atoms with Gasteiger partial charge in [-0.25, -0.2) is 0 Å². The van der Waals surface area contributed by atoms with Crippen LogP contribution in [0.15, 0.2) is 35.9 Å². The summed E-state index contributed by atoms with van der Waals surface area (Å²) in [6, 6.07) is 13.7. The lowest BCUT2D eigenvalue weighted by Gasteiger charge is -2.44. The summed E-state index contributed by atoms with van der Waals surface area (Å²) in [5.74, 6) is -0.352.